The molecule has 5 nitrogen and oxygen atoms in total. The van der Waals surface area contributed by atoms with E-state index in [2.05, 4.69) is 41.3 Å². The van der Waals surface area contributed by atoms with Gasteiger partial charge >= 0.3 is 0 Å². The molecule has 4 rings (SSSR count). The number of hydrogen-bond donors (Lipinski definition) is 1. The summed E-state index contributed by atoms with van der Waals surface area (Å²) in [5.41, 5.74) is 5.08. The van der Waals surface area contributed by atoms with Gasteiger partial charge in [0.2, 0.25) is 5.89 Å². The van der Waals surface area contributed by atoms with Gasteiger partial charge in [0.15, 0.2) is 5.58 Å². The molecule has 1 N–H and O–H groups in total. The molecule has 1 amide bonds. The number of nitrogens with one attached hydrogen (secondary N) is 1. The van der Waals surface area contributed by atoms with Crippen LogP contribution in [0.4, 0.5) is 5.69 Å². The lowest BCUT2D eigenvalue weighted by molar-refractivity contribution is 0.102. The van der Waals surface area contributed by atoms with E-state index in [1.54, 1.807) is 18.3 Å². The molecule has 0 aliphatic heterocycles. The molecule has 130 valence electrons. The number of amides is 1. The number of hydrogen-bond acceptors (Lipinski definition) is 4. The summed E-state index contributed by atoms with van der Waals surface area (Å²) in [6, 6.07) is 8.93. The molecule has 2 heterocycles. The lowest BCUT2D eigenvalue weighted by Gasteiger charge is -2.16. The Morgan fingerprint density at radius 3 is 2.92 bits per heavy atom. The van der Waals surface area contributed by atoms with Crippen LogP contribution in [0, 0.1) is 5.92 Å². The van der Waals surface area contributed by atoms with Crippen LogP contribution in [-0.4, -0.2) is 15.9 Å². The summed E-state index contributed by atoms with van der Waals surface area (Å²) < 4.78 is 5.90. The molecule has 5 heteroatoms. The molecule has 3 aromatic rings. The first-order chi connectivity index (χ1) is 12.6. The lowest BCUT2D eigenvalue weighted by Crippen LogP contribution is -2.11. The SMILES string of the molecule is CC1=CC=C(c2nc3cc(NC(=O)c4cccnc4)ccc3o2)CC1C. The molecule has 26 heavy (non-hydrogen) atoms. The third-order valence-corrected chi connectivity index (χ3v) is 4.69. The lowest BCUT2D eigenvalue weighted by atomic mass is 9.89. The first-order valence-corrected chi connectivity index (χ1v) is 8.60. The van der Waals surface area contributed by atoms with Gasteiger partial charge in [-0.15, -0.1) is 0 Å². The van der Waals surface area contributed by atoms with Crippen molar-refractivity contribution in [3.05, 3.63) is 71.9 Å². The predicted molar refractivity (Wildman–Crippen MR) is 102 cm³/mol. The average Bonchev–Trinajstić information content (AvgIpc) is 3.08. The van der Waals surface area contributed by atoms with E-state index in [-0.39, 0.29) is 5.91 Å². The molecular formula is C21H19N3O2. The maximum atomic E-state index is 12.3. The van der Waals surface area contributed by atoms with Crippen LogP contribution in [0.5, 0.6) is 0 Å². The van der Waals surface area contributed by atoms with Crippen LogP contribution in [0.25, 0.3) is 16.7 Å². The Kier molecular flexibility index (Phi) is 4.13. The normalized spacial score (nSPS) is 16.9. The number of anilines is 1. The van der Waals surface area contributed by atoms with Crippen LogP contribution < -0.4 is 5.32 Å². The Morgan fingerprint density at radius 2 is 2.15 bits per heavy atom. The van der Waals surface area contributed by atoms with Crippen LogP contribution in [0.2, 0.25) is 0 Å². The number of carbonyl (C=O) groups is 1. The molecule has 1 aromatic carbocycles. The summed E-state index contributed by atoms with van der Waals surface area (Å²) in [4.78, 5) is 20.8. The number of oxazole rings is 1. The highest BCUT2D eigenvalue weighted by atomic mass is 16.3. The Hall–Kier alpha value is -3.21. The molecule has 0 saturated heterocycles. The Bertz CT molecular complexity index is 1030. The van der Waals surface area contributed by atoms with Crippen molar-refractivity contribution in [2.24, 2.45) is 5.92 Å². The van der Waals surface area contributed by atoms with E-state index < -0.39 is 0 Å². The number of aromatic nitrogens is 2. The van der Waals surface area contributed by atoms with Crippen molar-refractivity contribution in [3.8, 4) is 0 Å². The van der Waals surface area contributed by atoms with Crippen LogP contribution >= 0.6 is 0 Å². The summed E-state index contributed by atoms with van der Waals surface area (Å²) in [6.45, 7) is 4.34. The molecule has 1 aliphatic rings. The second-order valence-corrected chi connectivity index (χ2v) is 6.61. The maximum Gasteiger partial charge on any atom is 0.257 e. The third kappa shape index (κ3) is 3.16. The topological polar surface area (TPSA) is 68.0 Å². The van der Waals surface area contributed by atoms with Crippen molar-refractivity contribution in [3.63, 3.8) is 0 Å². The number of nitrogens with zero attached hydrogens (tertiary/aromatic N) is 2. The fourth-order valence-electron chi connectivity index (χ4n) is 2.96. The van der Waals surface area contributed by atoms with Gasteiger partial charge in [-0.05, 0) is 49.6 Å². The zero-order valence-electron chi connectivity index (χ0n) is 14.7. The first-order valence-electron chi connectivity index (χ1n) is 8.60. The van der Waals surface area contributed by atoms with Crippen molar-refractivity contribution >= 4 is 28.3 Å². The number of allylic oxidation sites excluding steroid dienone is 4. The third-order valence-electron chi connectivity index (χ3n) is 4.69. The van der Waals surface area contributed by atoms with E-state index in [1.165, 1.54) is 11.8 Å². The van der Waals surface area contributed by atoms with Crippen LogP contribution in [0.3, 0.4) is 0 Å². The standard InChI is InChI=1S/C21H19N3O2/c1-13-5-6-15(10-14(13)2)21-24-18-11-17(7-8-19(18)26-21)23-20(25)16-4-3-9-22-12-16/h3-9,11-12,14H,10H2,1-2H3,(H,23,25). The summed E-state index contributed by atoms with van der Waals surface area (Å²) in [7, 11) is 0. The van der Waals surface area contributed by atoms with Crippen LogP contribution in [0.15, 0.2) is 64.9 Å². The molecule has 0 saturated carbocycles. The molecule has 2 aromatic heterocycles. The summed E-state index contributed by atoms with van der Waals surface area (Å²) >= 11 is 0. The van der Waals surface area contributed by atoms with Gasteiger partial charge in [-0.2, -0.15) is 0 Å². The van der Waals surface area contributed by atoms with Gasteiger partial charge in [0.1, 0.15) is 5.52 Å². The van der Waals surface area contributed by atoms with E-state index in [0.717, 1.165) is 17.5 Å². The second-order valence-electron chi connectivity index (χ2n) is 6.61. The minimum Gasteiger partial charge on any atom is -0.436 e. The summed E-state index contributed by atoms with van der Waals surface area (Å²) in [6.07, 6.45) is 8.29. The number of fused-ring (bicyclic) bond motifs is 1. The zero-order valence-corrected chi connectivity index (χ0v) is 14.7. The van der Waals surface area contributed by atoms with E-state index >= 15 is 0 Å². The highest BCUT2D eigenvalue weighted by Crippen LogP contribution is 2.32. The van der Waals surface area contributed by atoms with Crippen molar-refractivity contribution in [2.45, 2.75) is 20.3 Å². The van der Waals surface area contributed by atoms with E-state index in [9.17, 15) is 4.79 Å². The Labute approximate surface area is 151 Å². The number of pyridine rings is 1. The minimum atomic E-state index is -0.203. The van der Waals surface area contributed by atoms with Crippen molar-refractivity contribution in [2.75, 3.05) is 5.32 Å². The van der Waals surface area contributed by atoms with Gasteiger partial charge in [0.25, 0.3) is 5.91 Å². The largest absolute Gasteiger partial charge is 0.436 e. The van der Waals surface area contributed by atoms with E-state index in [1.807, 2.05) is 18.2 Å². The molecule has 0 spiro atoms. The van der Waals surface area contributed by atoms with Crippen molar-refractivity contribution < 1.29 is 9.21 Å². The van der Waals surface area contributed by atoms with Gasteiger partial charge < -0.3 is 9.73 Å². The fourth-order valence-corrected chi connectivity index (χ4v) is 2.96. The molecule has 0 bridgehead atoms. The van der Waals surface area contributed by atoms with Crippen molar-refractivity contribution in [1.82, 2.24) is 9.97 Å². The average molecular weight is 345 g/mol. The number of rotatable bonds is 3. The summed E-state index contributed by atoms with van der Waals surface area (Å²) in [5, 5.41) is 2.87. The minimum absolute atomic E-state index is 0.203. The quantitative estimate of drug-likeness (QED) is 0.737. The van der Waals surface area contributed by atoms with Gasteiger partial charge in [-0.3, -0.25) is 9.78 Å². The highest BCUT2D eigenvalue weighted by molar-refractivity contribution is 6.04. The molecular weight excluding hydrogens is 326 g/mol. The molecule has 0 fully saturated rings. The van der Waals surface area contributed by atoms with Gasteiger partial charge in [0.05, 0.1) is 5.56 Å². The van der Waals surface area contributed by atoms with Crippen molar-refractivity contribution in [1.29, 1.82) is 0 Å². The van der Waals surface area contributed by atoms with Gasteiger partial charge in [0, 0.05) is 23.7 Å². The number of benzene rings is 1. The second kappa shape index (κ2) is 6.59. The van der Waals surface area contributed by atoms with Gasteiger partial charge in [-0.1, -0.05) is 24.6 Å². The number of carbonyl (C=O) groups excluding carboxylic acids is 1. The van der Waals surface area contributed by atoms with Crippen LogP contribution in [0.1, 0.15) is 36.5 Å². The highest BCUT2D eigenvalue weighted by Gasteiger charge is 2.18. The van der Waals surface area contributed by atoms with E-state index in [4.69, 9.17) is 4.42 Å². The maximum absolute atomic E-state index is 12.3. The van der Waals surface area contributed by atoms with Crippen LogP contribution in [-0.2, 0) is 0 Å². The predicted octanol–water partition coefficient (Wildman–Crippen LogP) is 4.84. The smallest absolute Gasteiger partial charge is 0.257 e. The van der Waals surface area contributed by atoms with Gasteiger partial charge in [-0.25, -0.2) is 4.98 Å². The Morgan fingerprint density at radius 1 is 1.27 bits per heavy atom. The Balaban J connectivity index is 1.59. The summed E-state index contributed by atoms with van der Waals surface area (Å²) in [5.74, 6) is 0.927. The van der Waals surface area contributed by atoms with E-state index in [0.29, 0.717) is 28.6 Å². The molecule has 0 radical (unpaired) electrons. The zero-order chi connectivity index (χ0) is 18.1. The fraction of sp³-hybridized carbons (Fsp3) is 0.190. The monoisotopic (exact) mass is 345 g/mol. The first kappa shape index (κ1) is 16.3. The molecule has 1 unspecified atom stereocenters. The molecule has 1 aliphatic carbocycles. The molecule has 1 atom stereocenters.